The molecule has 0 aliphatic rings. The minimum atomic E-state index is 0.333. The van der Waals surface area contributed by atoms with E-state index in [1.807, 2.05) is 0 Å². The van der Waals surface area contributed by atoms with E-state index in [2.05, 4.69) is 13.8 Å². The number of methoxy groups -OCH3 is 1. The lowest BCUT2D eigenvalue weighted by Gasteiger charge is -2.06. The van der Waals surface area contributed by atoms with Crippen molar-refractivity contribution in [2.75, 3.05) is 40.1 Å². The van der Waals surface area contributed by atoms with Crippen LogP contribution >= 0.6 is 0 Å². The van der Waals surface area contributed by atoms with Gasteiger partial charge in [-0.15, -0.1) is 0 Å². The molecule has 17 heavy (non-hydrogen) atoms. The number of ether oxygens (including phenoxy) is 3. The first-order valence-electron chi connectivity index (χ1n) is 6.33. The number of ketones is 1. The predicted molar refractivity (Wildman–Crippen MR) is 67.2 cm³/mol. The van der Waals surface area contributed by atoms with Crippen molar-refractivity contribution in [3.05, 3.63) is 0 Å². The zero-order valence-corrected chi connectivity index (χ0v) is 11.4. The molecule has 102 valence electrons. The molecular formula is C13H26O4. The van der Waals surface area contributed by atoms with Crippen LogP contribution in [-0.4, -0.2) is 45.9 Å². The molecule has 0 rings (SSSR count). The van der Waals surface area contributed by atoms with Crippen molar-refractivity contribution in [2.45, 2.75) is 33.1 Å². The first-order chi connectivity index (χ1) is 8.16. The lowest BCUT2D eigenvalue weighted by molar-refractivity contribution is -0.120. The molecule has 0 amide bonds. The summed E-state index contributed by atoms with van der Waals surface area (Å²) in [5.41, 5.74) is 0. The highest BCUT2D eigenvalue weighted by Gasteiger charge is 2.04. The fourth-order valence-electron chi connectivity index (χ4n) is 1.39. The summed E-state index contributed by atoms with van der Waals surface area (Å²) in [5.74, 6) is 0.789. The van der Waals surface area contributed by atoms with Gasteiger partial charge in [-0.05, 0) is 12.3 Å². The van der Waals surface area contributed by atoms with Gasteiger partial charge < -0.3 is 14.2 Å². The molecule has 0 atom stereocenters. The summed E-state index contributed by atoms with van der Waals surface area (Å²) in [5, 5.41) is 0. The molecule has 0 aromatic heterocycles. The molecule has 0 N–H and O–H groups in total. The highest BCUT2D eigenvalue weighted by atomic mass is 16.5. The lowest BCUT2D eigenvalue weighted by atomic mass is 10.0. The third kappa shape index (κ3) is 13.5. The second kappa shape index (κ2) is 12.0. The summed E-state index contributed by atoms with van der Waals surface area (Å²) >= 11 is 0. The number of carbonyl (C=O) groups is 1. The molecule has 0 radical (unpaired) electrons. The smallest absolute Gasteiger partial charge is 0.133 e. The van der Waals surface area contributed by atoms with Crippen molar-refractivity contribution in [1.82, 2.24) is 0 Å². The van der Waals surface area contributed by atoms with Gasteiger partial charge in [0.1, 0.15) is 5.78 Å². The monoisotopic (exact) mass is 246 g/mol. The van der Waals surface area contributed by atoms with E-state index >= 15 is 0 Å². The van der Waals surface area contributed by atoms with Gasteiger partial charge in [-0.2, -0.15) is 0 Å². The molecule has 4 nitrogen and oxygen atoms in total. The number of carbonyl (C=O) groups excluding carboxylic acids is 1. The Labute approximate surface area is 105 Å². The van der Waals surface area contributed by atoms with E-state index in [0.29, 0.717) is 57.6 Å². The molecule has 0 fully saturated rings. The van der Waals surface area contributed by atoms with Crippen molar-refractivity contribution in [3.63, 3.8) is 0 Å². The Kier molecular flexibility index (Phi) is 11.7. The molecule has 0 aromatic carbocycles. The van der Waals surface area contributed by atoms with Crippen molar-refractivity contribution in [2.24, 2.45) is 5.92 Å². The van der Waals surface area contributed by atoms with Crippen LogP contribution in [0, 0.1) is 5.92 Å². The highest BCUT2D eigenvalue weighted by Crippen LogP contribution is 2.04. The van der Waals surface area contributed by atoms with Crippen LogP contribution in [0.4, 0.5) is 0 Å². The Morgan fingerprint density at radius 2 is 1.59 bits per heavy atom. The molecule has 0 bridgehead atoms. The average Bonchev–Trinajstić information content (AvgIpc) is 2.26. The van der Waals surface area contributed by atoms with Crippen LogP contribution in [0.15, 0.2) is 0 Å². The van der Waals surface area contributed by atoms with Gasteiger partial charge >= 0.3 is 0 Å². The molecule has 0 aromatic rings. The maximum absolute atomic E-state index is 11.4. The van der Waals surface area contributed by atoms with Crippen LogP contribution in [0.2, 0.25) is 0 Å². The van der Waals surface area contributed by atoms with Gasteiger partial charge in [-0.1, -0.05) is 13.8 Å². The van der Waals surface area contributed by atoms with E-state index < -0.39 is 0 Å². The van der Waals surface area contributed by atoms with Gasteiger partial charge in [-0.3, -0.25) is 4.79 Å². The van der Waals surface area contributed by atoms with Gasteiger partial charge in [-0.25, -0.2) is 0 Å². The standard InChI is InChI=1S/C13H26O4/c1-12(2)11-13(14)5-4-6-16-9-10-17-8-7-15-3/h12H,4-11H2,1-3H3. The minimum Gasteiger partial charge on any atom is -0.382 e. The van der Waals surface area contributed by atoms with Crippen molar-refractivity contribution in [3.8, 4) is 0 Å². The van der Waals surface area contributed by atoms with E-state index in [4.69, 9.17) is 14.2 Å². The Morgan fingerprint density at radius 3 is 2.18 bits per heavy atom. The first kappa shape index (κ1) is 16.6. The number of Topliss-reactive ketones (excluding diaryl/α,β-unsaturated/α-hetero) is 1. The highest BCUT2D eigenvalue weighted by molar-refractivity contribution is 5.78. The summed E-state index contributed by atoms with van der Waals surface area (Å²) in [4.78, 5) is 11.4. The molecular weight excluding hydrogens is 220 g/mol. The van der Waals surface area contributed by atoms with Gasteiger partial charge in [0.2, 0.25) is 0 Å². The molecule has 0 spiro atoms. The van der Waals surface area contributed by atoms with Crippen LogP contribution in [0.25, 0.3) is 0 Å². The lowest BCUT2D eigenvalue weighted by Crippen LogP contribution is -2.10. The maximum Gasteiger partial charge on any atom is 0.133 e. The van der Waals surface area contributed by atoms with E-state index in [1.165, 1.54) is 0 Å². The fourth-order valence-corrected chi connectivity index (χ4v) is 1.39. The van der Waals surface area contributed by atoms with E-state index in [9.17, 15) is 4.79 Å². The molecule has 0 saturated heterocycles. The summed E-state index contributed by atoms with van der Waals surface area (Å²) in [6, 6.07) is 0. The fraction of sp³-hybridized carbons (Fsp3) is 0.923. The third-order valence-corrected chi connectivity index (χ3v) is 2.18. The average molecular weight is 246 g/mol. The van der Waals surface area contributed by atoms with Crippen molar-refractivity contribution < 1.29 is 19.0 Å². The molecule has 0 aliphatic heterocycles. The molecule has 4 heteroatoms. The Balaban J connectivity index is 3.10. The molecule has 0 unspecified atom stereocenters. The number of hydrogen-bond donors (Lipinski definition) is 0. The number of hydrogen-bond acceptors (Lipinski definition) is 4. The van der Waals surface area contributed by atoms with Crippen LogP contribution in [0.5, 0.6) is 0 Å². The van der Waals surface area contributed by atoms with E-state index in [1.54, 1.807) is 7.11 Å². The van der Waals surface area contributed by atoms with Crippen molar-refractivity contribution >= 4 is 5.78 Å². The van der Waals surface area contributed by atoms with Crippen LogP contribution in [0.3, 0.4) is 0 Å². The summed E-state index contributed by atoms with van der Waals surface area (Å²) in [6.07, 6.45) is 2.12. The van der Waals surface area contributed by atoms with Gasteiger partial charge in [0, 0.05) is 26.6 Å². The summed E-state index contributed by atoms with van der Waals surface area (Å²) < 4.78 is 15.4. The normalized spacial score (nSPS) is 11.1. The largest absolute Gasteiger partial charge is 0.382 e. The van der Waals surface area contributed by atoms with Gasteiger partial charge in [0.15, 0.2) is 0 Å². The quantitative estimate of drug-likeness (QED) is 0.494. The van der Waals surface area contributed by atoms with E-state index in [-0.39, 0.29) is 0 Å². The summed E-state index contributed by atoms with van der Waals surface area (Å²) in [6.45, 7) is 7.15. The first-order valence-corrected chi connectivity index (χ1v) is 6.33. The van der Waals surface area contributed by atoms with Crippen LogP contribution in [0.1, 0.15) is 33.1 Å². The van der Waals surface area contributed by atoms with Gasteiger partial charge in [0.05, 0.1) is 26.4 Å². The van der Waals surface area contributed by atoms with Crippen molar-refractivity contribution in [1.29, 1.82) is 0 Å². The Bertz CT molecular complexity index is 180. The summed E-state index contributed by atoms with van der Waals surface area (Å²) in [7, 11) is 1.65. The Hall–Kier alpha value is -0.450. The Morgan fingerprint density at radius 1 is 1.00 bits per heavy atom. The van der Waals surface area contributed by atoms with Gasteiger partial charge in [0.25, 0.3) is 0 Å². The maximum atomic E-state index is 11.4. The zero-order valence-electron chi connectivity index (χ0n) is 11.4. The molecule has 0 aliphatic carbocycles. The topological polar surface area (TPSA) is 44.8 Å². The second-order valence-electron chi connectivity index (χ2n) is 4.46. The zero-order chi connectivity index (χ0) is 12.9. The van der Waals surface area contributed by atoms with Crippen LogP contribution in [-0.2, 0) is 19.0 Å². The van der Waals surface area contributed by atoms with Crippen LogP contribution < -0.4 is 0 Å². The SMILES string of the molecule is COCCOCCOCCCC(=O)CC(C)C. The number of rotatable bonds is 12. The molecule has 0 heterocycles. The third-order valence-electron chi connectivity index (χ3n) is 2.18. The second-order valence-corrected chi connectivity index (χ2v) is 4.46. The predicted octanol–water partition coefficient (Wildman–Crippen LogP) is 2.06. The van der Waals surface area contributed by atoms with E-state index in [0.717, 1.165) is 6.42 Å². The molecule has 0 saturated carbocycles. The minimum absolute atomic E-state index is 0.333.